The molecule has 3 rings (SSSR count). The van der Waals surface area contributed by atoms with Crippen molar-refractivity contribution in [3.63, 3.8) is 0 Å². The zero-order valence-electron chi connectivity index (χ0n) is 11.6. The zero-order valence-corrected chi connectivity index (χ0v) is 13.2. The molecular weight excluding hydrogens is 366 g/mol. The molecule has 3 aromatic rings. The standard InChI is InChI=1S/C14H10BrN5O3/c15-12-7-10(14-16-18-19-17-14)3-6-13(12)23-8-9-1-4-11(5-2-9)20(21)22/h1-7H,8H2,(H,16,17,18,19). The second-order valence-corrected chi connectivity index (χ2v) is 5.45. The second kappa shape index (κ2) is 6.53. The molecule has 1 aromatic heterocycles. The summed E-state index contributed by atoms with van der Waals surface area (Å²) in [4.78, 5) is 10.2. The summed E-state index contributed by atoms with van der Waals surface area (Å²) in [5.74, 6) is 1.14. The van der Waals surface area contributed by atoms with Gasteiger partial charge in [-0.2, -0.15) is 5.21 Å². The number of non-ortho nitro benzene ring substituents is 1. The molecule has 0 amide bonds. The summed E-state index contributed by atoms with van der Waals surface area (Å²) in [5, 5.41) is 24.3. The van der Waals surface area contributed by atoms with Gasteiger partial charge in [0.15, 0.2) is 0 Å². The lowest BCUT2D eigenvalue weighted by Crippen LogP contribution is -1.97. The van der Waals surface area contributed by atoms with E-state index in [1.807, 2.05) is 12.1 Å². The Kier molecular flexibility index (Phi) is 4.29. The minimum absolute atomic E-state index is 0.0550. The summed E-state index contributed by atoms with van der Waals surface area (Å²) in [6, 6.07) is 11.7. The normalized spacial score (nSPS) is 10.5. The fraction of sp³-hybridized carbons (Fsp3) is 0.0714. The molecule has 0 unspecified atom stereocenters. The van der Waals surface area contributed by atoms with E-state index < -0.39 is 4.92 Å². The average molecular weight is 376 g/mol. The third kappa shape index (κ3) is 3.51. The zero-order chi connectivity index (χ0) is 16.2. The number of rotatable bonds is 5. The lowest BCUT2D eigenvalue weighted by molar-refractivity contribution is -0.384. The molecule has 8 nitrogen and oxygen atoms in total. The van der Waals surface area contributed by atoms with Gasteiger partial charge in [0.1, 0.15) is 12.4 Å². The van der Waals surface area contributed by atoms with Crippen LogP contribution in [0, 0.1) is 10.1 Å². The number of hydrogen-bond acceptors (Lipinski definition) is 6. The number of nitro groups is 1. The van der Waals surface area contributed by atoms with Crippen LogP contribution in [0.1, 0.15) is 5.56 Å². The van der Waals surface area contributed by atoms with E-state index in [1.165, 1.54) is 12.1 Å². The molecule has 23 heavy (non-hydrogen) atoms. The van der Waals surface area contributed by atoms with Crippen LogP contribution in [-0.4, -0.2) is 25.5 Å². The van der Waals surface area contributed by atoms with Gasteiger partial charge in [0.05, 0.1) is 9.40 Å². The Morgan fingerprint density at radius 2 is 2.00 bits per heavy atom. The summed E-state index contributed by atoms with van der Waals surface area (Å²) >= 11 is 3.44. The van der Waals surface area contributed by atoms with Crippen LogP contribution < -0.4 is 4.74 Å². The first kappa shape index (κ1) is 15.1. The molecule has 0 aliphatic heterocycles. The quantitative estimate of drug-likeness (QED) is 0.542. The van der Waals surface area contributed by atoms with E-state index in [-0.39, 0.29) is 5.69 Å². The van der Waals surface area contributed by atoms with E-state index in [4.69, 9.17) is 4.74 Å². The van der Waals surface area contributed by atoms with Gasteiger partial charge >= 0.3 is 0 Å². The van der Waals surface area contributed by atoms with Crippen LogP contribution in [0.3, 0.4) is 0 Å². The topological polar surface area (TPSA) is 107 Å². The van der Waals surface area contributed by atoms with Gasteiger partial charge in [0.2, 0.25) is 5.82 Å². The van der Waals surface area contributed by atoms with Crippen molar-refractivity contribution in [1.29, 1.82) is 0 Å². The van der Waals surface area contributed by atoms with E-state index in [0.717, 1.165) is 15.6 Å². The Balaban J connectivity index is 1.69. The number of aromatic nitrogens is 4. The molecule has 0 spiro atoms. The lowest BCUT2D eigenvalue weighted by Gasteiger charge is -2.09. The second-order valence-electron chi connectivity index (χ2n) is 4.59. The molecular formula is C14H10BrN5O3. The Hall–Kier alpha value is -2.81. The van der Waals surface area contributed by atoms with Gasteiger partial charge in [-0.1, -0.05) is 0 Å². The molecule has 9 heteroatoms. The van der Waals surface area contributed by atoms with Crippen molar-refractivity contribution in [2.24, 2.45) is 0 Å². The Morgan fingerprint density at radius 3 is 2.61 bits per heavy atom. The van der Waals surface area contributed by atoms with Crippen molar-refractivity contribution in [3.8, 4) is 17.1 Å². The molecule has 2 aromatic carbocycles. The van der Waals surface area contributed by atoms with Gasteiger partial charge in [-0.15, -0.1) is 10.2 Å². The number of halogens is 1. The Morgan fingerprint density at radius 1 is 1.22 bits per heavy atom. The summed E-state index contributed by atoms with van der Waals surface area (Å²) in [5.41, 5.74) is 1.69. The monoisotopic (exact) mass is 375 g/mol. The third-order valence-corrected chi connectivity index (χ3v) is 3.70. The molecule has 0 saturated heterocycles. The molecule has 116 valence electrons. The number of nitro benzene ring substituents is 1. The number of tetrazole rings is 1. The first-order valence-corrected chi connectivity index (χ1v) is 7.32. The van der Waals surface area contributed by atoms with E-state index in [2.05, 4.69) is 36.6 Å². The molecule has 0 saturated carbocycles. The maximum atomic E-state index is 10.6. The van der Waals surface area contributed by atoms with Crippen molar-refractivity contribution in [2.75, 3.05) is 0 Å². The fourth-order valence-corrected chi connectivity index (χ4v) is 2.41. The predicted molar refractivity (Wildman–Crippen MR) is 84.7 cm³/mol. The maximum Gasteiger partial charge on any atom is 0.269 e. The van der Waals surface area contributed by atoms with Crippen molar-refractivity contribution >= 4 is 21.6 Å². The number of hydrogen-bond donors (Lipinski definition) is 1. The van der Waals surface area contributed by atoms with Gasteiger partial charge in [-0.05, 0) is 57.0 Å². The molecule has 0 atom stereocenters. The molecule has 0 aliphatic rings. The minimum atomic E-state index is -0.433. The highest BCUT2D eigenvalue weighted by Gasteiger charge is 2.08. The van der Waals surface area contributed by atoms with Crippen LogP contribution in [-0.2, 0) is 6.61 Å². The number of nitrogens with zero attached hydrogens (tertiary/aromatic N) is 4. The maximum absolute atomic E-state index is 10.6. The largest absolute Gasteiger partial charge is 0.488 e. The van der Waals surface area contributed by atoms with Crippen molar-refractivity contribution < 1.29 is 9.66 Å². The summed E-state index contributed by atoms with van der Waals surface area (Å²) in [6.07, 6.45) is 0. The van der Waals surface area contributed by atoms with Gasteiger partial charge in [-0.3, -0.25) is 10.1 Å². The number of H-pyrrole nitrogens is 1. The first-order chi connectivity index (χ1) is 11.1. The van der Waals surface area contributed by atoms with Crippen molar-refractivity contribution in [2.45, 2.75) is 6.61 Å². The van der Waals surface area contributed by atoms with Crippen LogP contribution in [0.2, 0.25) is 0 Å². The molecule has 0 aliphatic carbocycles. The smallest absolute Gasteiger partial charge is 0.269 e. The number of ether oxygens (including phenoxy) is 1. The molecule has 0 radical (unpaired) electrons. The van der Waals surface area contributed by atoms with E-state index >= 15 is 0 Å². The third-order valence-electron chi connectivity index (χ3n) is 3.08. The Labute approximate surface area is 138 Å². The van der Waals surface area contributed by atoms with Gasteiger partial charge in [-0.25, -0.2) is 0 Å². The molecule has 0 bridgehead atoms. The fourth-order valence-electron chi connectivity index (χ4n) is 1.92. The van der Waals surface area contributed by atoms with Gasteiger partial charge in [0.25, 0.3) is 5.69 Å². The highest BCUT2D eigenvalue weighted by molar-refractivity contribution is 9.10. The van der Waals surface area contributed by atoms with E-state index in [9.17, 15) is 10.1 Å². The lowest BCUT2D eigenvalue weighted by atomic mass is 10.2. The molecule has 1 heterocycles. The van der Waals surface area contributed by atoms with E-state index in [0.29, 0.717) is 18.2 Å². The molecule has 1 N–H and O–H groups in total. The Bertz CT molecular complexity index is 821. The van der Waals surface area contributed by atoms with Gasteiger partial charge < -0.3 is 4.74 Å². The van der Waals surface area contributed by atoms with Gasteiger partial charge in [0, 0.05) is 17.7 Å². The highest BCUT2D eigenvalue weighted by atomic mass is 79.9. The summed E-state index contributed by atoms with van der Waals surface area (Å²) in [7, 11) is 0. The molecule has 0 fully saturated rings. The first-order valence-electron chi connectivity index (χ1n) is 6.53. The van der Waals surface area contributed by atoms with Crippen molar-refractivity contribution in [1.82, 2.24) is 20.6 Å². The van der Waals surface area contributed by atoms with Crippen LogP contribution in [0.25, 0.3) is 11.4 Å². The van der Waals surface area contributed by atoms with Crippen LogP contribution in [0.5, 0.6) is 5.75 Å². The number of benzene rings is 2. The van der Waals surface area contributed by atoms with Crippen LogP contribution in [0.4, 0.5) is 5.69 Å². The summed E-state index contributed by atoms with van der Waals surface area (Å²) in [6.45, 7) is 0.304. The number of nitrogens with one attached hydrogen (secondary N) is 1. The predicted octanol–water partition coefficient (Wildman–Crippen LogP) is 3.12. The minimum Gasteiger partial charge on any atom is -0.488 e. The highest BCUT2D eigenvalue weighted by Crippen LogP contribution is 2.29. The number of aromatic amines is 1. The average Bonchev–Trinajstić information content (AvgIpc) is 3.08. The van der Waals surface area contributed by atoms with E-state index in [1.54, 1.807) is 18.2 Å². The van der Waals surface area contributed by atoms with Crippen molar-refractivity contribution in [3.05, 3.63) is 62.6 Å². The van der Waals surface area contributed by atoms with Crippen LogP contribution in [0.15, 0.2) is 46.9 Å². The van der Waals surface area contributed by atoms with Crippen LogP contribution >= 0.6 is 15.9 Å². The SMILES string of the molecule is O=[N+]([O-])c1ccc(COc2ccc(-c3nn[nH]n3)cc2Br)cc1. The summed E-state index contributed by atoms with van der Waals surface area (Å²) < 4.78 is 6.47.